The van der Waals surface area contributed by atoms with Gasteiger partial charge in [0.25, 0.3) is 5.91 Å². The van der Waals surface area contributed by atoms with Crippen LogP contribution in [0.1, 0.15) is 52.7 Å². The summed E-state index contributed by atoms with van der Waals surface area (Å²) in [7, 11) is 0. The molecule has 3 rings (SSSR count). The van der Waals surface area contributed by atoms with Crippen molar-refractivity contribution in [1.29, 1.82) is 0 Å². The molecule has 28 heavy (non-hydrogen) atoms. The molecule has 0 aliphatic carbocycles. The van der Waals surface area contributed by atoms with Crippen LogP contribution in [0.15, 0.2) is 30.3 Å². The van der Waals surface area contributed by atoms with E-state index < -0.39 is 17.7 Å². The molecule has 0 bridgehead atoms. The Morgan fingerprint density at radius 1 is 1.18 bits per heavy atom. The predicted molar refractivity (Wildman–Crippen MR) is 105 cm³/mol. The topological polar surface area (TPSA) is 71.5 Å². The number of piperidine rings is 1. The SMILES string of the molecule is CCOC(=O)c1ccc(C(=O)Nc2cc(F)ccc2N2CCCCC2)nc1C. The van der Waals surface area contributed by atoms with Crippen molar-refractivity contribution in [2.24, 2.45) is 0 Å². The van der Waals surface area contributed by atoms with Crippen LogP contribution in [0.3, 0.4) is 0 Å². The predicted octanol–water partition coefficient (Wildman–Crippen LogP) is 3.95. The Labute approximate surface area is 163 Å². The second-order valence-electron chi connectivity index (χ2n) is 6.71. The Bertz CT molecular complexity index is 879. The van der Waals surface area contributed by atoms with Crippen LogP contribution in [0.4, 0.5) is 15.8 Å². The number of aryl methyl sites for hydroxylation is 1. The van der Waals surface area contributed by atoms with Crippen molar-refractivity contribution in [3.8, 4) is 0 Å². The number of anilines is 2. The van der Waals surface area contributed by atoms with E-state index in [9.17, 15) is 14.0 Å². The maximum Gasteiger partial charge on any atom is 0.339 e. The van der Waals surface area contributed by atoms with E-state index in [1.54, 1.807) is 19.9 Å². The first-order valence-corrected chi connectivity index (χ1v) is 9.50. The fourth-order valence-corrected chi connectivity index (χ4v) is 3.32. The average Bonchev–Trinajstić information content (AvgIpc) is 2.68. The number of aromatic nitrogens is 1. The number of benzene rings is 1. The third kappa shape index (κ3) is 4.47. The highest BCUT2D eigenvalue weighted by molar-refractivity contribution is 6.05. The maximum atomic E-state index is 13.8. The van der Waals surface area contributed by atoms with Crippen molar-refractivity contribution in [2.75, 3.05) is 29.9 Å². The number of hydrogen-bond donors (Lipinski definition) is 1. The van der Waals surface area contributed by atoms with Crippen molar-refractivity contribution >= 4 is 23.3 Å². The molecule has 0 saturated carbocycles. The lowest BCUT2D eigenvalue weighted by Gasteiger charge is -2.30. The number of pyridine rings is 1. The number of rotatable bonds is 5. The van der Waals surface area contributed by atoms with Gasteiger partial charge in [0.1, 0.15) is 11.5 Å². The summed E-state index contributed by atoms with van der Waals surface area (Å²) in [6, 6.07) is 7.40. The van der Waals surface area contributed by atoms with E-state index >= 15 is 0 Å². The summed E-state index contributed by atoms with van der Waals surface area (Å²) in [5.41, 5.74) is 2.09. The van der Waals surface area contributed by atoms with E-state index in [4.69, 9.17) is 4.74 Å². The Balaban J connectivity index is 1.82. The van der Waals surface area contributed by atoms with Crippen molar-refractivity contribution in [3.05, 3.63) is 53.1 Å². The summed E-state index contributed by atoms with van der Waals surface area (Å²) in [5.74, 6) is -1.35. The second-order valence-corrected chi connectivity index (χ2v) is 6.71. The molecular weight excluding hydrogens is 361 g/mol. The zero-order valence-electron chi connectivity index (χ0n) is 16.1. The Hall–Kier alpha value is -2.96. The lowest BCUT2D eigenvalue weighted by Crippen LogP contribution is -2.30. The molecule has 1 N–H and O–H groups in total. The highest BCUT2D eigenvalue weighted by Crippen LogP contribution is 2.29. The van der Waals surface area contributed by atoms with E-state index in [1.165, 1.54) is 30.7 Å². The summed E-state index contributed by atoms with van der Waals surface area (Å²) in [5, 5.41) is 2.77. The minimum Gasteiger partial charge on any atom is -0.462 e. The lowest BCUT2D eigenvalue weighted by atomic mass is 10.1. The Kier molecular flexibility index (Phi) is 6.23. The second kappa shape index (κ2) is 8.82. The summed E-state index contributed by atoms with van der Waals surface area (Å²) in [4.78, 5) is 30.9. The van der Waals surface area contributed by atoms with Gasteiger partial charge in [0.05, 0.1) is 29.2 Å². The zero-order valence-corrected chi connectivity index (χ0v) is 16.1. The van der Waals surface area contributed by atoms with Crippen LogP contribution in [0.5, 0.6) is 0 Å². The number of ether oxygens (including phenoxy) is 1. The molecular formula is C21H24FN3O3. The van der Waals surface area contributed by atoms with Crippen LogP contribution in [0.25, 0.3) is 0 Å². The summed E-state index contributed by atoms with van der Waals surface area (Å²) in [6.07, 6.45) is 3.32. The molecule has 1 fully saturated rings. The first-order valence-electron chi connectivity index (χ1n) is 9.50. The molecule has 1 aromatic carbocycles. The molecule has 0 spiro atoms. The molecule has 7 heteroatoms. The average molecular weight is 385 g/mol. The number of nitrogens with one attached hydrogen (secondary N) is 1. The molecule has 2 heterocycles. The van der Waals surface area contributed by atoms with Gasteiger partial charge in [-0.2, -0.15) is 0 Å². The van der Waals surface area contributed by atoms with Crippen molar-refractivity contribution < 1.29 is 18.7 Å². The van der Waals surface area contributed by atoms with Gasteiger partial charge in [-0.25, -0.2) is 14.2 Å². The molecule has 0 radical (unpaired) electrons. The summed E-state index contributed by atoms with van der Waals surface area (Å²) in [6.45, 7) is 5.38. The van der Waals surface area contributed by atoms with E-state index in [1.807, 2.05) is 0 Å². The van der Waals surface area contributed by atoms with Gasteiger partial charge in [0, 0.05) is 13.1 Å². The molecule has 1 amide bonds. The first-order chi connectivity index (χ1) is 13.5. The Morgan fingerprint density at radius 3 is 2.61 bits per heavy atom. The van der Waals surface area contributed by atoms with Gasteiger partial charge in [-0.15, -0.1) is 0 Å². The van der Waals surface area contributed by atoms with Crippen LogP contribution in [0.2, 0.25) is 0 Å². The van der Waals surface area contributed by atoms with Crippen LogP contribution in [0, 0.1) is 12.7 Å². The number of carbonyl (C=O) groups excluding carboxylic acids is 2. The van der Waals surface area contributed by atoms with Gasteiger partial charge in [-0.3, -0.25) is 4.79 Å². The van der Waals surface area contributed by atoms with Gasteiger partial charge in [0.2, 0.25) is 0 Å². The molecule has 1 saturated heterocycles. The fraction of sp³-hybridized carbons (Fsp3) is 0.381. The smallest absolute Gasteiger partial charge is 0.339 e. The molecule has 0 atom stereocenters. The number of esters is 1. The number of nitrogens with zero attached hydrogens (tertiary/aromatic N) is 2. The largest absolute Gasteiger partial charge is 0.462 e. The minimum atomic E-state index is -0.475. The normalized spacial score (nSPS) is 13.9. The third-order valence-electron chi connectivity index (χ3n) is 4.72. The highest BCUT2D eigenvalue weighted by atomic mass is 19.1. The molecule has 1 aliphatic heterocycles. The standard InChI is InChI=1S/C21H24FN3O3/c1-3-28-21(27)16-8-9-17(23-14(16)2)20(26)24-18-13-15(22)7-10-19(18)25-11-5-4-6-12-25/h7-10,13H,3-6,11-12H2,1-2H3,(H,24,26). The van der Waals surface area contributed by atoms with Crippen LogP contribution < -0.4 is 10.2 Å². The van der Waals surface area contributed by atoms with Crippen LogP contribution >= 0.6 is 0 Å². The van der Waals surface area contributed by atoms with Gasteiger partial charge in [0.15, 0.2) is 0 Å². The Morgan fingerprint density at radius 2 is 1.93 bits per heavy atom. The lowest BCUT2D eigenvalue weighted by molar-refractivity contribution is 0.0524. The summed E-state index contributed by atoms with van der Waals surface area (Å²) < 4.78 is 18.8. The first kappa shape index (κ1) is 19.8. The molecule has 2 aromatic rings. The van der Waals surface area contributed by atoms with Crippen LogP contribution in [-0.4, -0.2) is 36.6 Å². The van der Waals surface area contributed by atoms with Crippen molar-refractivity contribution in [1.82, 2.24) is 4.98 Å². The molecule has 148 valence electrons. The van der Waals surface area contributed by atoms with Gasteiger partial charge in [-0.1, -0.05) is 0 Å². The van der Waals surface area contributed by atoms with E-state index in [2.05, 4.69) is 15.2 Å². The number of halogens is 1. The number of hydrogen-bond acceptors (Lipinski definition) is 5. The van der Waals surface area contributed by atoms with E-state index in [0.717, 1.165) is 31.6 Å². The molecule has 1 aromatic heterocycles. The quantitative estimate of drug-likeness (QED) is 0.789. The number of carbonyl (C=O) groups is 2. The molecule has 1 aliphatic rings. The van der Waals surface area contributed by atoms with Gasteiger partial charge < -0.3 is 15.0 Å². The van der Waals surface area contributed by atoms with Gasteiger partial charge in [-0.05, 0) is 63.4 Å². The monoisotopic (exact) mass is 385 g/mol. The fourth-order valence-electron chi connectivity index (χ4n) is 3.32. The summed E-state index contributed by atoms with van der Waals surface area (Å²) >= 11 is 0. The highest BCUT2D eigenvalue weighted by Gasteiger charge is 2.19. The minimum absolute atomic E-state index is 0.152. The van der Waals surface area contributed by atoms with Crippen molar-refractivity contribution in [2.45, 2.75) is 33.1 Å². The van der Waals surface area contributed by atoms with Crippen molar-refractivity contribution in [3.63, 3.8) is 0 Å². The third-order valence-corrected chi connectivity index (χ3v) is 4.72. The number of amides is 1. The zero-order chi connectivity index (χ0) is 20.1. The maximum absolute atomic E-state index is 13.8. The van der Waals surface area contributed by atoms with Gasteiger partial charge >= 0.3 is 5.97 Å². The van der Waals surface area contributed by atoms with E-state index in [0.29, 0.717) is 16.9 Å². The molecule has 6 nitrogen and oxygen atoms in total. The van der Waals surface area contributed by atoms with Crippen LogP contribution in [-0.2, 0) is 4.74 Å². The molecule has 0 unspecified atom stereocenters. The van der Waals surface area contributed by atoms with E-state index in [-0.39, 0.29) is 12.3 Å².